The molecule has 3 unspecified atom stereocenters. The first-order valence-corrected chi connectivity index (χ1v) is 11.1. The molecule has 3 atom stereocenters. The summed E-state index contributed by atoms with van der Waals surface area (Å²) in [5.74, 6) is 3.97. The second kappa shape index (κ2) is 11.7. The summed E-state index contributed by atoms with van der Waals surface area (Å²) in [5.41, 5.74) is 2.66. The summed E-state index contributed by atoms with van der Waals surface area (Å²) in [6.07, 6.45) is 2.37. The Morgan fingerprint density at radius 2 is 1.81 bits per heavy atom. The van der Waals surface area contributed by atoms with Crippen LogP contribution < -0.4 is 20.1 Å². The normalized spacial score (nSPS) is 22.7. The van der Waals surface area contributed by atoms with E-state index in [1.165, 1.54) is 17.5 Å². The van der Waals surface area contributed by atoms with E-state index in [0.717, 1.165) is 50.1 Å². The number of nitrogens with one attached hydrogen (secondary N) is 2. The Morgan fingerprint density at radius 3 is 2.47 bits per heavy atom. The molecule has 2 N–H and O–H groups in total. The fourth-order valence-corrected chi connectivity index (χ4v) is 4.51. The third kappa shape index (κ3) is 6.51. The van der Waals surface area contributed by atoms with E-state index >= 15 is 0 Å². The number of guanidine groups is 1. The van der Waals surface area contributed by atoms with Crippen molar-refractivity contribution in [2.75, 3.05) is 40.9 Å². The quantitative estimate of drug-likeness (QED) is 0.297. The van der Waals surface area contributed by atoms with Crippen molar-refractivity contribution < 1.29 is 9.47 Å². The van der Waals surface area contributed by atoms with E-state index in [1.54, 1.807) is 14.2 Å². The predicted molar refractivity (Wildman–Crippen MR) is 140 cm³/mol. The number of likely N-dealkylation sites (tertiary alicyclic amines) is 1. The molecule has 0 amide bonds. The van der Waals surface area contributed by atoms with Crippen LogP contribution >= 0.6 is 24.0 Å². The second-order valence-electron chi connectivity index (χ2n) is 8.55. The number of benzene rings is 2. The minimum absolute atomic E-state index is 0. The molecular formula is C25H35IN4O2. The third-order valence-corrected chi connectivity index (χ3v) is 6.34. The Labute approximate surface area is 208 Å². The summed E-state index contributed by atoms with van der Waals surface area (Å²) < 4.78 is 10.8. The molecule has 0 radical (unpaired) electrons. The molecule has 1 aliphatic carbocycles. The van der Waals surface area contributed by atoms with Crippen LogP contribution in [-0.2, 0) is 6.54 Å². The predicted octanol–water partition coefficient (Wildman–Crippen LogP) is 3.86. The van der Waals surface area contributed by atoms with Crippen molar-refractivity contribution >= 4 is 29.9 Å². The largest absolute Gasteiger partial charge is 0.497 e. The zero-order valence-electron chi connectivity index (χ0n) is 19.2. The van der Waals surface area contributed by atoms with Gasteiger partial charge in [0.15, 0.2) is 5.96 Å². The number of hydrogen-bond donors (Lipinski definition) is 2. The lowest BCUT2D eigenvalue weighted by Gasteiger charge is -2.19. The van der Waals surface area contributed by atoms with E-state index in [-0.39, 0.29) is 24.0 Å². The molecule has 7 heteroatoms. The zero-order chi connectivity index (χ0) is 21.6. The highest BCUT2D eigenvalue weighted by atomic mass is 127. The van der Waals surface area contributed by atoms with Gasteiger partial charge in [0.2, 0.25) is 0 Å². The summed E-state index contributed by atoms with van der Waals surface area (Å²) in [6, 6.07) is 17.3. The lowest BCUT2D eigenvalue weighted by Crippen LogP contribution is -2.45. The van der Waals surface area contributed by atoms with E-state index in [0.29, 0.717) is 17.9 Å². The molecule has 0 spiro atoms. The van der Waals surface area contributed by atoms with E-state index in [1.807, 2.05) is 13.1 Å². The van der Waals surface area contributed by atoms with Crippen LogP contribution in [-0.4, -0.2) is 57.8 Å². The van der Waals surface area contributed by atoms with Gasteiger partial charge in [-0.15, -0.1) is 24.0 Å². The second-order valence-corrected chi connectivity index (χ2v) is 8.55. The van der Waals surface area contributed by atoms with Crippen LogP contribution in [0.4, 0.5) is 0 Å². The smallest absolute Gasteiger partial charge is 0.191 e. The molecule has 2 aromatic rings. The van der Waals surface area contributed by atoms with Crippen molar-refractivity contribution in [3.63, 3.8) is 0 Å². The Bertz CT molecular complexity index is 871. The molecule has 174 valence electrons. The Morgan fingerprint density at radius 1 is 1.09 bits per heavy atom. The minimum atomic E-state index is 0. The van der Waals surface area contributed by atoms with Gasteiger partial charge in [-0.25, -0.2) is 0 Å². The van der Waals surface area contributed by atoms with Gasteiger partial charge in [0.25, 0.3) is 0 Å². The van der Waals surface area contributed by atoms with E-state index in [9.17, 15) is 0 Å². The highest BCUT2D eigenvalue weighted by molar-refractivity contribution is 14.0. The highest BCUT2D eigenvalue weighted by Crippen LogP contribution is 2.46. The molecule has 0 aromatic heterocycles. The molecule has 4 rings (SSSR count). The maximum atomic E-state index is 5.40. The standard InChI is InChI=1S/C25H34N4O2.HI/c1-26-25(27-15-20-13-24(20)19-7-5-4-6-8-19)28-21-9-10-29(17-21)16-18-11-22(30-2)14-23(12-18)31-3;/h4-8,11-12,14,20-21,24H,9-10,13,15-17H2,1-3H3,(H2,26,27,28);1H. The number of methoxy groups -OCH3 is 2. The third-order valence-electron chi connectivity index (χ3n) is 6.34. The van der Waals surface area contributed by atoms with Gasteiger partial charge >= 0.3 is 0 Å². The first-order valence-electron chi connectivity index (χ1n) is 11.1. The van der Waals surface area contributed by atoms with E-state index < -0.39 is 0 Å². The summed E-state index contributed by atoms with van der Waals surface area (Å²) in [6.45, 7) is 3.92. The Balaban J connectivity index is 0.00000289. The zero-order valence-corrected chi connectivity index (χ0v) is 21.5. The SMILES string of the molecule is CN=C(NCC1CC1c1ccccc1)NC1CCN(Cc2cc(OC)cc(OC)c2)C1.I. The van der Waals surface area contributed by atoms with Crippen LogP contribution in [0.2, 0.25) is 0 Å². The van der Waals surface area contributed by atoms with Gasteiger partial charge in [-0.3, -0.25) is 9.89 Å². The van der Waals surface area contributed by atoms with Gasteiger partial charge in [0.1, 0.15) is 11.5 Å². The van der Waals surface area contributed by atoms with Crippen LogP contribution in [0.25, 0.3) is 0 Å². The summed E-state index contributed by atoms with van der Waals surface area (Å²) >= 11 is 0. The van der Waals surface area contributed by atoms with Crippen molar-refractivity contribution in [1.29, 1.82) is 0 Å². The van der Waals surface area contributed by atoms with Crippen molar-refractivity contribution in [3.05, 3.63) is 59.7 Å². The molecule has 1 aliphatic heterocycles. The number of ether oxygens (including phenoxy) is 2. The maximum absolute atomic E-state index is 5.40. The van der Waals surface area contributed by atoms with Gasteiger partial charge in [0.05, 0.1) is 14.2 Å². The van der Waals surface area contributed by atoms with Crippen molar-refractivity contribution in [2.24, 2.45) is 10.9 Å². The van der Waals surface area contributed by atoms with Crippen LogP contribution in [0.3, 0.4) is 0 Å². The van der Waals surface area contributed by atoms with Crippen LogP contribution in [0.1, 0.15) is 29.9 Å². The molecule has 2 aromatic carbocycles. The first-order chi connectivity index (χ1) is 15.2. The fraction of sp³-hybridized carbons (Fsp3) is 0.480. The maximum Gasteiger partial charge on any atom is 0.191 e. The van der Waals surface area contributed by atoms with Gasteiger partial charge in [0, 0.05) is 45.3 Å². The van der Waals surface area contributed by atoms with E-state index in [4.69, 9.17) is 9.47 Å². The van der Waals surface area contributed by atoms with Gasteiger partial charge < -0.3 is 20.1 Å². The monoisotopic (exact) mass is 550 g/mol. The highest BCUT2D eigenvalue weighted by Gasteiger charge is 2.38. The molecule has 6 nitrogen and oxygen atoms in total. The van der Waals surface area contributed by atoms with Crippen molar-refractivity contribution in [1.82, 2.24) is 15.5 Å². The fourth-order valence-electron chi connectivity index (χ4n) is 4.51. The summed E-state index contributed by atoms with van der Waals surface area (Å²) in [5, 5.41) is 7.15. The first kappa shape index (κ1) is 24.6. The number of halogens is 1. The molecule has 1 saturated carbocycles. The number of hydrogen-bond acceptors (Lipinski definition) is 4. The van der Waals surface area contributed by atoms with Gasteiger partial charge in [-0.1, -0.05) is 30.3 Å². The molecule has 0 bridgehead atoms. The molecular weight excluding hydrogens is 515 g/mol. The summed E-state index contributed by atoms with van der Waals surface area (Å²) in [4.78, 5) is 6.91. The average Bonchev–Trinajstić information content (AvgIpc) is 3.47. The van der Waals surface area contributed by atoms with Crippen molar-refractivity contribution in [3.8, 4) is 11.5 Å². The summed E-state index contributed by atoms with van der Waals surface area (Å²) in [7, 11) is 5.24. The van der Waals surface area contributed by atoms with Crippen LogP contribution in [0.5, 0.6) is 11.5 Å². The topological polar surface area (TPSA) is 58.1 Å². The van der Waals surface area contributed by atoms with Crippen molar-refractivity contribution in [2.45, 2.75) is 31.3 Å². The van der Waals surface area contributed by atoms with E-state index in [2.05, 4.69) is 63.0 Å². The number of rotatable bonds is 8. The Kier molecular flexibility index (Phi) is 9.04. The molecule has 2 fully saturated rings. The minimum Gasteiger partial charge on any atom is -0.497 e. The molecule has 1 saturated heterocycles. The molecule has 2 aliphatic rings. The lowest BCUT2D eigenvalue weighted by atomic mass is 10.1. The van der Waals surface area contributed by atoms with Crippen LogP contribution in [0.15, 0.2) is 53.5 Å². The number of aliphatic imine (C=N–C) groups is 1. The Hall–Kier alpha value is -2.00. The molecule has 1 heterocycles. The lowest BCUT2D eigenvalue weighted by molar-refractivity contribution is 0.321. The van der Waals surface area contributed by atoms with Crippen LogP contribution in [0, 0.1) is 5.92 Å². The van der Waals surface area contributed by atoms with Gasteiger partial charge in [-0.05, 0) is 47.9 Å². The number of nitrogens with zero attached hydrogens (tertiary/aromatic N) is 2. The average molecular weight is 550 g/mol. The molecule has 32 heavy (non-hydrogen) atoms. The van der Waals surface area contributed by atoms with Gasteiger partial charge in [-0.2, -0.15) is 0 Å².